The lowest BCUT2D eigenvalue weighted by atomic mass is 9.88. The molecule has 0 spiro atoms. The molecule has 1 unspecified atom stereocenters. The highest BCUT2D eigenvalue weighted by molar-refractivity contribution is 5.82. The van der Waals surface area contributed by atoms with Crippen LogP contribution in [0.2, 0.25) is 0 Å². The number of nitrogens with one attached hydrogen (secondary N) is 1. The lowest BCUT2D eigenvalue weighted by Crippen LogP contribution is -2.41. The first-order valence-corrected chi connectivity index (χ1v) is 15.7. The van der Waals surface area contributed by atoms with E-state index in [0.29, 0.717) is 10.6 Å². The molecule has 8 nitrogen and oxygen atoms in total. The third-order valence-electron chi connectivity index (χ3n) is 8.33. The molecule has 1 amide bonds. The van der Waals surface area contributed by atoms with Crippen LogP contribution in [-0.4, -0.2) is 54.2 Å². The van der Waals surface area contributed by atoms with Crippen molar-refractivity contribution in [2.75, 3.05) is 27.7 Å². The molecule has 3 rings (SSSR count). The maximum absolute atomic E-state index is 16.5. The summed E-state index contributed by atoms with van der Waals surface area (Å²) < 4.78 is 123. The standard InChI is InChI=1S/C35H39F8N3O5/c1-17(2)12-25(46-16-20(10-11-45(5)6)22(14-27(46)47)34(38,39)40)33(50)44-24(15-28(48)49)30-31(36)21(13-23(32(30)37)35(41,42)43)29-18(3)8-9-26(51-7)19(29)4/h8-9,13-14,16-17,24-25H,10-12,15H2,1-7H3,(H,44,50)(H,48,49)/t24-,25?/m0/s1. The second kappa shape index (κ2) is 15.8. The van der Waals surface area contributed by atoms with Crippen LogP contribution >= 0.6 is 0 Å². The van der Waals surface area contributed by atoms with E-state index in [9.17, 15) is 45.8 Å². The molecule has 0 fully saturated rings. The van der Waals surface area contributed by atoms with Crippen LogP contribution in [0.15, 0.2) is 35.3 Å². The zero-order chi connectivity index (χ0) is 38.7. The Labute approximate surface area is 289 Å². The summed E-state index contributed by atoms with van der Waals surface area (Å²) in [5, 5.41) is 11.8. The zero-order valence-corrected chi connectivity index (χ0v) is 28.9. The summed E-state index contributed by atoms with van der Waals surface area (Å²) in [5.74, 6) is -7.05. The summed E-state index contributed by atoms with van der Waals surface area (Å²) in [4.78, 5) is 40.6. The first-order chi connectivity index (χ1) is 23.5. The fourth-order valence-corrected chi connectivity index (χ4v) is 5.92. The second-order valence-corrected chi connectivity index (χ2v) is 12.9. The van der Waals surface area contributed by atoms with Gasteiger partial charge in [-0.15, -0.1) is 0 Å². The Hall–Kier alpha value is -4.47. The van der Waals surface area contributed by atoms with Crippen LogP contribution in [0.1, 0.15) is 72.2 Å². The highest BCUT2D eigenvalue weighted by Crippen LogP contribution is 2.43. The fourth-order valence-electron chi connectivity index (χ4n) is 5.92. The molecular weight excluding hydrogens is 694 g/mol. The Balaban J connectivity index is 2.31. The number of methoxy groups -OCH3 is 1. The Bertz CT molecular complexity index is 1830. The quantitative estimate of drug-likeness (QED) is 0.177. The topological polar surface area (TPSA) is 101 Å². The van der Waals surface area contributed by atoms with Gasteiger partial charge in [-0.2, -0.15) is 26.3 Å². The molecular formula is C35H39F8N3O5. The molecule has 2 N–H and O–H groups in total. The molecule has 0 saturated carbocycles. The van der Waals surface area contributed by atoms with E-state index in [1.54, 1.807) is 32.8 Å². The molecule has 0 aliphatic heterocycles. The number of halogens is 8. The van der Waals surface area contributed by atoms with Gasteiger partial charge in [0.05, 0.1) is 30.7 Å². The van der Waals surface area contributed by atoms with Gasteiger partial charge in [0.1, 0.15) is 23.4 Å². The summed E-state index contributed by atoms with van der Waals surface area (Å²) in [7, 11) is 4.48. The number of carbonyl (C=O) groups excluding carboxylic acids is 1. The molecule has 16 heteroatoms. The largest absolute Gasteiger partial charge is 0.496 e. The predicted molar refractivity (Wildman–Crippen MR) is 172 cm³/mol. The fraction of sp³-hybridized carbons (Fsp3) is 0.457. The van der Waals surface area contributed by atoms with Gasteiger partial charge in [-0.25, -0.2) is 8.78 Å². The molecule has 2 atom stereocenters. The van der Waals surface area contributed by atoms with Crippen molar-refractivity contribution >= 4 is 11.9 Å². The number of hydrogen-bond acceptors (Lipinski definition) is 5. The smallest absolute Gasteiger partial charge is 0.419 e. The SMILES string of the molecule is COc1ccc(C)c(-c2cc(C(F)(F)F)c(F)c([C@H](CC(=O)O)NC(=O)C(CC(C)C)n3cc(CCN(C)C)c(C(F)(F)F)cc3=O)c2F)c1C. The van der Waals surface area contributed by atoms with E-state index in [-0.39, 0.29) is 53.5 Å². The van der Waals surface area contributed by atoms with Crippen molar-refractivity contribution in [3.63, 3.8) is 0 Å². The van der Waals surface area contributed by atoms with E-state index >= 15 is 8.78 Å². The second-order valence-electron chi connectivity index (χ2n) is 12.9. The van der Waals surface area contributed by atoms with E-state index < -0.39 is 88.1 Å². The first kappa shape index (κ1) is 41.0. The number of carboxylic acids is 1. The minimum Gasteiger partial charge on any atom is -0.496 e. The number of aromatic nitrogens is 1. The van der Waals surface area contributed by atoms with Crippen molar-refractivity contribution in [1.29, 1.82) is 0 Å². The summed E-state index contributed by atoms with van der Waals surface area (Å²) in [6, 6.07) is -0.445. The Morgan fingerprint density at radius 2 is 1.59 bits per heavy atom. The van der Waals surface area contributed by atoms with Crippen LogP contribution in [0.3, 0.4) is 0 Å². The van der Waals surface area contributed by atoms with Gasteiger partial charge in [0.2, 0.25) is 5.91 Å². The number of likely N-dealkylation sites (N-methyl/N-ethyl adjacent to an activating group) is 1. The molecule has 0 aliphatic carbocycles. The third-order valence-corrected chi connectivity index (χ3v) is 8.33. The van der Waals surface area contributed by atoms with E-state index in [4.69, 9.17) is 4.74 Å². The lowest BCUT2D eigenvalue weighted by Gasteiger charge is -2.27. The van der Waals surface area contributed by atoms with Gasteiger partial charge in [-0.05, 0) is 81.1 Å². The Morgan fingerprint density at radius 1 is 0.980 bits per heavy atom. The summed E-state index contributed by atoms with van der Waals surface area (Å²) in [6.45, 7) is 6.21. The van der Waals surface area contributed by atoms with Gasteiger partial charge in [0.15, 0.2) is 0 Å². The molecule has 1 heterocycles. The van der Waals surface area contributed by atoms with Gasteiger partial charge < -0.3 is 24.6 Å². The van der Waals surface area contributed by atoms with E-state index in [1.807, 2.05) is 0 Å². The average Bonchev–Trinajstić information content (AvgIpc) is 2.98. The van der Waals surface area contributed by atoms with Crippen LogP contribution in [-0.2, 0) is 28.4 Å². The monoisotopic (exact) mass is 733 g/mol. The van der Waals surface area contributed by atoms with E-state index in [0.717, 1.165) is 6.20 Å². The maximum Gasteiger partial charge on any atom is 0.419 e. The van der Waals surface area contributed by atoms with E-state index in [1.165, 1.54) is 33.1 Å². The van der Waals surface area contributed by atoms with Crippen molar-refractivity contribution < 1.29 is 54.6 Å². The van der Waals surface area contributed by atoms with Crippen LogP contribution in [0.5, 0.6) is 5.75 Å². The average molecular weight is 734 g/mol. The maximum atomic E-state index is 16.5. The normalized spacial score (nSPS) is 13.4. The summed E-state index contributed by atoms with van der Waals surface area (Å²) >= 11 is 0. The number of rotatable bonds is 13. The molecule has 0 radical (unpaired) electrons. The number of alkyl halides is 6. The van der Waals surface area contributed by atoms with Crippen molar-refractivity contribution in [2.45, 2.75) is 71.4 Å². The van der Waals surface area contributed by atoms with Crippen LogP contribution in [0, 0.1) is 31.4 Å². The highest BCUT2D eigenvalue weighted by Gasteiger charge is 2.41. The molecule has 0 saturated heterocycles. The minimum absolute atomic E-state index is 0.0988. The predicted octanol–water partition coefficient (Wildman–Crippen LogP) is 7.48. The van der Waals surface area contributed by atoms with Crippen molar-refractivity contribution in [3.8, 4) is 16.9 Å². The van der Waals surface area contributed by atoms with Gasteiger partial charge >= 0.3 is 18.3 Å². The number of carbonyl (C=O) groups is 2. The Kier molecular flexibility index (Phi) is 12.7. The third kappa shape index (κ3) is 9.45. The van der Waals surface area contributed by atoms with Crippen LogP contribution in [0.4, 0.5) is 35.1 Å². The molecule has 3 aromatic rings. The molecule has 1 aromatic heterocycles. The molecule has 2 aromatic carbocycles. The van der Waals surface area contributed by atoms with Crippen LogP contribution < -0.4 is 15.6 Å². The van der Waals surface area contributed by atoms with Crippen molar-refractivity contribution in [2.24, 2.45) is 5.92 Å². The zero-order valence-electron chi connectivity index (χ0n) is 28.9. The van der Waals surface area contributed by atoms with Gasteiger partial charge in [-0.3, -0.25) is 14.4 Å². The van der Waals surface area contributed by atoms with Gasteiger partial charge in [0.25, 0.3) is 5.56 Å². The number of ether oxygens (including phenoxy) is 1. The minimum atomic E-state index is -5.41. The number of aryl methyl sites for hydroxylation is 1. The van der Waals surface area contributed by atoms with Crippen LogP contribution in [0.25, 0.3) is 11.1 Å². The van der Waals surface area contributed by atoms with Crippen molar-refractivity contribution in [1.82, 2.24) is 14.8 Å². The van der Waals surface area contributed by atoms with Gasteiger partial charge in [0, 0.05) is 29.9 Å². The first-order valence-electron chi connectivity index (χ1n) is 15.7. The number of carboxylic acid groups (broad SMARTS) is 1. The number of pyridine rings is 1. The number of benzene rings is 2. The number of aliphatic carboxylic acids is 1. The highest BCUT2D eigenvalue weighted by atomic mass is 19.4. The molecule has 51 heavy (non-hydrogen) atoms. The van der Waals surface area contributed by atoms with E-state index in [2.05, 4.69) is 5.32 Å². The molecule has 280 valence electrons. The molecule has 0 aliphatic rings. The summed E-state index contributed by atoms with van der Waals surface area (Å²) in [5.41, 5.74) is -6.58. The molecule has 0 bridgehead atoms. The Morgan fingerprint density at radius 3 is 2.10 bits per heavy atom. The number of hydrogen-bond donors (Lipinski definition) is 2. The van der Waals surface area contributed by atoms with Crippen molar-refractivity contribution in [3.05, 3.63) is 85.8 Å². The van der Waals surface area contributed by atoms with Gasteiger partial charge in [-0.1, -0.05) is 19.9 Å². The lowest BCUT2D eigenvalue weighted by molar-refractivity contribution is -0.140. The number of amides is 1. The number of nitrogens with zero attached hydrogens (tertiary/aromatic N) is 2. The summed E-state index contributed by atoms with van der Waals surface area (Å²) in [6.07, 6.45) is -11.2.